The van der Waals surface area contributed by atoms with Gasteiger partial charge >= 0.3 is 0 Å². The van der Waals surface area contributed by atoms with E-state index < -0.39 is 0 Å². The van der Waals surface area contributed by atoms with Crippen LogP contribution in [0, 0.1) is 6.92 Å². The molecule has 0 radical (unpaired) electrons. The van der Waals surface area contributed by atoms with Crippen LogP contribution in [0.3, 0.4) is 0 Å². The quantitative estimate of drug-likeness (QED) is 0.846. The molecule has 1 aliphatic rings. The molecule has 1 amide bonds. The van der Waals surface area contributed by atoms with Crippen molar-refractivity contribution in [2.75, 3.05) is 20.2 Å². The van der Waals surface area contributed by atoms with Crippen molar-refractivity contribution in [1.82, 2.24) is 4.90 Å². The number of likely N-dealkylation sites (tertiary alicyclic amines) is 1. The smallest absolute Gasteiger partial charge is 0.257 e. The summed E-state index contributed by atoms with van der Waals surface area (Å²) in [7, 11) is 1.65. The molecule has 92 valence electrons. The standard InChI is InChI=1S/C13H17NO3/c1-9-3-4-11(12(15)7-9)13(16)14-6-5-10(8-14)17-2/h3-4,7,10,15H,5-6,8H2,1-2H3. The van der Waals surface area contributed by atoms with Crippen molar-refractivity contribution in [3.63, 3.8) is 0 Å². The second kappa shape index (κ2) is 4.75. The van der Waals surface area contributed by atoms with E-state index in [-0.39, 0.29) is 17.8 Å². The molecule has 4 heteroatoms. The van der Waals surface area contributed by atoms with Gasteiger partial charge in [-0.2, -0.15) is 0 Å². The molecule has 4 nitrogen and oxygen atoms in total. The summed E-state index contributed by atoms with van der Waals surface area (Å²) < 4.78 is 5.22. The van der Waals surface area contributed by atoms with Gasteiger partial charge in [-0.05, 0) is 31.0 Å². The fourth-order valence-corrected chi connectivity index (χ4v) is 2.10. The van der Waals surface area contributed by atoms with Crippen LogP contribution in [0.15, 0.2) is 18.2 Å². The molecule has 17 heavy (non-hydrogen) atoms. The van der Waals surface area contributed by atoms with Gasteiger partial charge in [0, 0.05) is 20.2 Å². The zero-order chi connectivity index (χ0) is 12.4. The molecule has 1 unspecified atom stereocenters. The minimum atomic E-state index is -0.123. The average Bonchev–Trinajstić information content (AvgIpc) is 2.76. The van der Waals surface area contributed by atoms with Crippen molar-refractivity contribution in [1.29, 1.82) is 0 Å². The maximum atomic E-state index is 12.2. The first-order valence-electron chi connectivity index (χ1n) is 5.73. The molecule has 1 N–H and O–H groups in total. The van der Waals surface area contributed by atoms with Crippen molar-refractivity contribution in [2.24, 2.45) is 0 Å². The van der Waals surface area contributed by atoms with E-state index in [0.717, 1.165) is 12.0 Å². The number of aryl methyl sites for hydroxylation is 1. The van der Waals surface area contributed by atoms with E-state index >= 15 is 0 Å². The normalized spacial score (nSPS) is 19.6. The maximum absolute atomic E-state index is 12.2. The van der Waals surface area contributed by atoms with Crippen LogP contribution in [-0.2, 0) is 4.74 Å². The minimum Gasteiger partial charge on any atom is -0.507 e. The molecular weight excluding hydrogens is 218 g/mol. The molecule has 1 aliphatic heterocycles. The summed E-state index contributed by atoms with van der Waals surface area (Å²) in [6.45, 7) is 3.16. The number of rotatable bonds is 2. The lowest BCUT2D eigenvalue weighted by Gasteiger charge is -2.17. The Hall–Kier alpha value is -1.55. The van der Waals surface area contributed by atoms with E-state index in [9.17, 15) is 9.90 Å². The average molecular weight is 235 g/mol. The van der Waals surface area contributed by atoms with Crippen LogP contribution < -0.4 is 0 Å². The van der Waals surface area contributed by atoms with Gasteiger partial charge in [0.05, 0.1) is 11.7 Å². The third-order valence-electron chi connectivity index (χ3n) is 3.15. The number of methoxy groups -OCH3 is 1. The van der Waals surface area contributed by atoms with Crippen LogP contribution in [0.4, 0.5) is 0 Å². The van der Waals surface area contributed by atoms with Gasteiger partial charge < -0.3 is 14.7 Å². The largest absolute Gasteiger partial charge is 0.507 e. The van der Waals surface area contributed by atoms with Gasteiger partial charge in [-0.25, -0.2) is 0 Å². The summed E-state index contributed by atoms with van der Waals surface area (Å²) in [6, 6.07) is 5.11. The number of phenols is 1. The summed E-state index contributed by atoms with van der Waals surface area (Å²) in [4.78, 5) is 13.9. The van der Waals surface area contributed by atoms with Gasteiger partial charge in [0.25, 0.3) is 5.91 Å². The van der Waals surface area contributed by atoms with Gasteiger partial charge in [0.15, 0.2) is 0 Å². The van der Waals surface area contributed by atoms with E-state index in [4.69, 9.17) is 4.74 Å². The molecule has 0 spiro atoms. The molecule has 0 aromatic heterocycles. The number of carbonyl (C=O) groups is 1. The topological polar surface area (TPSA) is 49.8 Å². The minimum absolute atomic E-state index is 0.0517. The SMILES string of the molecule is COC1CCN(C(=O)c2ccc(C)cc2O)C1. The molecule has 1 saturated heterocycles. The van der Waals surface area contributed by atoms with Crippen LogP contribution >= 0.6 is 0 Å². The van der Waals surface area contributed by atoms with Crippen molar-refractivity contribution in [2.45, 2.75) is 19.4 Å². The van der Waals surface area contributed by atoms with Crippen molar-refractivity contribution < 1.29 is 14.6 Å². The number of benzene rings is 1. The lowest BCUT2D eigenvalue weighted by Crippen LogP contribution is -2.30. The molecule has 0 bridgehead atoms. The molecular formula is C13H17NO3. The van der Waals surface area contributed by atoms with Crippen LogP contribution in [0.25, 0.3) is 0 Å². The van der Waals surface area contributed by atoms with E-state index in [1.807, 2.05) is 13.0 Å². The summed E-state index contributed by atoms with van der Waals surface area (Å²) in [6.07, 6.45) is 0.973. The number of hydrogen-bond acceptors (Lipinski definition) is 3. The Morgan fingerprint density at radius 3 is 2.88 bits per heavy atom. The number of amides is 1. The summed E-state index contributed by atoms with van der Waals surface area (Å²) in [5.41, 5.74) is 1.31. The van der Waals surface area contributed by atoms with Gasteiger partial charge in [-0.15, -0.1) is 0 Å². The van der Waals surface area contributed by atoms with E-state index in [1.165, 1.54) is 0 Å². The molecule has 0 saturated carbocycles. The number of phenolic OH excluding ortho intramolecular Hbond substituents is 1. The Morgan fingerprint density at radius 2 is 2.29 bits per heavy atom. The van der Waals surface area contributed by atoms with Crippen molar-refractivity contribution >= 4 is 5.91 Å². The van der Waals surface area contributed by atoms with Crippen LogP contribution in [-0.4, -0.2) is 42.2 Å². The molecule has 1 atom stereocenters. The van der Waals surface area contributed by atoms with E-state index in [1.54, 1.807) is 24.1 Å². The van der Waals surface area contributed by atoms with E-state index in [2.05, 4.69) is 0 Å². The predicted octanol–water partition coefficient (Wildman–Crippen LogP) is 1.56. The highest BCUT2D eigenvalue weighted by Gasteiger charge is 2.27. The highest BCUT2D eigenvalue weighted by Crippen LogP contribution is 2.22. The first kappa shape index (κ1) is 11.9. The van der Waals surface area contributed by atoms with Crippen LogP contribution in [0.1, 0.15) is 22.3 Å². The van der Waals surface area contributed by atoms with Crippen molar-refractivity contribution in [3.05, 3.63) is 29.3 Å². The second-order valence-corrected chi connectivity index (χ2v) is 4.42. The lowest BCUT2D eigenvalue weighted by molar-refractivity contribution is 0.0721. The molecule has 1 aromatic rings. The molecule has 1 fully saturated rings. The fourth-order valence-electron chi connectivity index (χ4n) is 2.10. The first-order valence-corrected chi connectivity index (χ1v) is 5.73. The summed E-state index contributed by atoms with van der Waals surface area (Å²) >= 11 is 0. The number of hydrogen-bond donors (Lipinski definition) is 1. The fraction of sp³-hybridized carbons (Fsp3) is 0.462. The summed E-state index contributed by atoms with van der Waals surface area (Å²) in [5, 5.41) is 9.77. The van der Waals surface area contributed by atoms with Gasteiger partial charge in [0.1, 0.15) is 5.75 Å². The Kier molecular flexibility index (Phi) is 3.33. The third-order valence-corrected chi connectivity index (χ3v) is 3.15. The number of nitrogens with zero attached hydrogens (tertiary/aromatic N) is 1. The number of aromatic hydroxyl groups is 1. The highest BCUT2D eigenvalue weighted by molar-refractivity contribution is 5.97. The summed E-state index contributed by atoms with van der Waals surface area (Å²) in [5.74, 6) is -0.0714. The first-order chi connectivity index (χ1) is 8.11. The van der Waals surface area contributed by atoms with Gasteiger partial charge in [-0.1, -0.05) is 6.07 Å². The Bertz CT molecular complexity index is 431. The molecule has 1 aromatic carbocycles. The molecule has 0 aliphatic carbocycles. The zero-order valence-corrected chi connectivity index (χ0v) is 10.1. The van der Waals surface area contributed by atoms with Crippen LogP contribution in [0.5, 0.6) is 5.75 Å². The Balaban J connectivity index is 2.15. The third kappa shape index (κ3) is 2.42. The van der Waals surface area contributed by atoms with E-state index in [0.29, 0.717) is 18.7 Å². The maximum Gasteiger partial charge on any atom is 0.257 e. The predicted molar refractivity (Wildman–Crippen MR) is 64.2 cm³/mol. The molecule has 2 rings (SSSR count). The zero-order valence-electron chi connectivity index (χ0n) is 10.1. The lowest BCUT2D eigenvalue weighted by atomic mass is 10.1. The van der Waals surface area contributed by atoms with Crippen LogP contribution in [0.2, 0.25) is 0 Å². The van der Waals surface area contributed by atoms with Gasteiger partial charge in [-0.3, -0.25) is 4.79 Å². The molecule has 1 heterocycles. The number of carbonyl (C=O) groups excluding carboxylic acids is 1. The second-order valence-electron chi connectivity index (χ2n) is 4.42. The highest BCUT2D eigenvalue weighted by atomic mass is 16.5. The van der Waals surface area contributed by atoms with Crippen molar-refractivity contribution in [3.8, 4) is 5.75 Å². The van der Waals surface area contributed by atoms with Gasteiger partial charge in [0.2, 0.25) is 0 Å². The number of ether oxygens (including phenoxy) is 1. The monoisotopic (exact) mass is 235 g/mol. The Labute approximate surface area is 101 Å². The Morgan fingerprint density at radius 1 is 1.53 bits per heavy atom.